The molecule has 0 radical (unpaired) electrons. The number of aliphatic carboxylic acids is 1. The minimum absolute atomic E-state index is 0.0145. The Bertz CT molecular complexity index is 261. The highest BCUT2D eigenvalue weighted by molar-refractivity contribution is 6.36. The number of carboxylic acid groups (broad SMARTS) is 1. The van der Waals surface area contributed by atoms with E-state index in [-0.39, 0.29) is 18.2 Å². The Kier molecular flexibility index (Phi) is 6.08. The molecule has 0 heterocycles. The highest BCUT2D eigenvalue weighted by Crippen LogP contribution is 1.96. The average molecular weight is 216 g/mol. The zero-order valence-corrected chi connectivity index (χ0v) is 9.11. The average Bonchev–Trinajstić information content (AvgIpc) is 2.11. The van der Waals surface area contributed by atoms with Crippen LogP contribution in [-0.4, -0.2) is 35.9 Å². The highest BCUT2D eigenvalue weighted by Gasteiger charge is 2.13. The molecule has 0 rings (SSSR count). The molecule has 6 nitrogen and oxygen atoms in total. The van der Waals surface area contributed by atoms with Crippen LogP contribution in [0.2, 0.25) is 0 Å². The molecule has 0 spiro atoms. The zero-order chi connectivity index (χ0) is 11.8. The summed E-state index contributed by atoms with van der Waals surface area (Å²) in [7, 11) is 0. The largest absolute Gasteiger partial charge is 0.477 e. The third kappa shape index (κ3) is 5.66. The van der Waals surface area contributed by atoms with Gasteiger partial charge in [0.05, 0.1) is 6.61 Å². The van der Waals surface area contributed by atoms with E-state index in [0.29, 0.717) is 6.61 Å². The molecule has 0 aliphatic carbocycles. The van der Waals surface area contributed by atoms with E-state index in [2.05, 4.69) is 15.3 Å². The smallest absolute Gasteiger partial charge is 0.352 e. The van der Waals surface area contributed by atoms with Gasteiger partial charge in [0.15, 0.2) is 0 Å². The van der Waals surface area contributed by atoms with Gasteiger partial charge in [0.25, 0.3) is 0 Å². The molecule has 6 heteroatoms. The van der Waals surface area contributed by atoms with Crippen LogP contribution in [-0.2, 0) is 14.3 Å². The van der Waals surface area contributed by atoms with Gasteiger partial charge < -0.3 is 9.84 Å². The van der Waals surface area contributed by atoms with Crippen LogP contribution in [0.4, 0.5) is 0 Å². The first kappa shape index (κ1) is 13.4. The third-order valence-electron chi connectivity index (χ3n) is 1.49. The van der Waals surface area contributed by atoms with Gasteiger partial charge in [-0.25, -0.2) is 4.79 Å². The Morgan fingerprint density at radius 1 is 1.47 bits per heavy atom. The van der Waals surface area contributed by atoms with Gasteiger partial charge in [0.2, 0.25) is 0 Å². The minimum Gasteiger partial charge on any atom is -0.477 e. The minimum atomic E-state index is -1.10. The lowest BCUT2D eigenvalue weighted by molar-refractivity contribution is -0.142. The summed E-state index contributed by atoms with van der Waals surface area (Å²) in [4.78, 5) is 21.5. The van der Waals surface area contributed by atoms with Crippen molar-refractivity contribution in [3.63, 3.8) is 0 Å². The van der Waals surface area contributed by atoms with Crippen molar-refractivity contribution in [2.75, 3.05) is 13.2 Å². The fourth-order valence-electron chi connectivity index (χ4n) is 0.825. The SMILES string of the molecule is CCOC(=O)CN/N=C(\C(=O)O)C(C)C. The van der Waals surface area contributed by atoms with Crippen LogP contribution < -0.4 is 5.43 Å². The molecule has 0 atom stereocenters. The Morgan fingerprint density at radius 2 is 2.07 bits per heavy atom. The zero-order valence-electron chi connectivity index (χ0n) is 9.11. The normalized spacial score (nSPS) is 11.3. The number of carboxylic acids is 1. The van der Waals surface area contributed by atoms with Crippen molar-refractivity contribution in [2.45, 2.75) is 20.8 Å². The molecule has 15 heavy (non-hydrogen) atoms. The van der Waals surface area contributed by atoms with E-state index in [4.69, 9.17) is 5.11 Å². The standard InChI is InChI=1S/C9H16N2O4/c1-4-15-7(12)5-10-11-8(6(2)3)9(13)14/h6,10H,4-5H2,1-3H3,(H,13,14)/b11-8-. The van der Waals surface area contributed by atoms with Crippen molar-refractivity contribution in [1.29, 1.82) is 0 Å². The van der Waals surface area contributed by atoms with Crippen LogP contribution in [0.25, 0.3) is 0 Å². The van der Waals surface area contributed by atoms with E-state index in [9.17, 15) is 9.59 Å². The Balaban J connectivity index is 4.12. The molecular weight excluding hydrogens is 200 g/mol. The fourth-order valence-corrected chi connectivity index (χ4v) is 0.825. The first-order valence-electron chi connectivity index (χ1n) is 4.68. The number of hydrogen-bond donors (Lipinski definition) is 2. The first-order valence-corrected chi connectivity index (χ1v) is 4.68. The Morgan fingerprint density at radius 3 is 2.47 bits per heavy atom. The van der Waals surface area contributed by atoms with Crippen LogP contribution in [0.3, 0.4) is 0 Å². The van der Waals surface area contributed by atoms with Crippen molar-refractivity contribution >= 4 is 17.7 Å². The molecule has 0 aliphatic heterocycles. The fraction of sp³-hybridized carbons (Fsp3) is 0.667. The molecule has 0 saturated heterocycles. The first-order chi connectivity index (χ1) is 6.99. The van der Waals surface area contributed by atoms with Gasteiger partial charge >= 0.3 is 11.9 Å². The molecule has 0 aromatic carbocycles. The lowest BCUT2D eigenvalue weighted by atomic mass is 10.1. The molecule has 0 unspecified atom stereocenters. The monoisotopic (exact) mass is 216 g/mol. The quantitative estimate of drug-likeness (QED) is 0.377. The van der Waals surface area contributed by atoms with Crippen molar-refractivity contribution in [3.8, 4) is 0 Å². The number of hydrogen-bond acceptors (Lipinski definition) is 5. The molecule has 0 aromatic heterocycles. The Labute approximate surface area is 88.3 Å². The van der Waals surface area contributed by atoms with Gasteiger partial charge in [-0.15, -0.1) is 0 Å². The maximum atomic E-state index is 10.9. The number of nitrogens with zero attached hydrogens (tertiary/aromatic N) is 1. The number of hydrazone groups is 1. The van der Waals surface area contributed by atoms with Crippen LogP contribution >= 0.6 is 0 Å². The number of carbonyl (C=O) groups excluding carboxylic acids is 1. The number of carbonyl (C=O) groups is 2. The summed E-state index contributed by atoms with van der Waals surface area (Å²) in [5.74, 6) is -1.77. The van der Waals surface area contributed by atoms with Crippen LogP contribution in [0.15, 0.2) is 5.10 Å². The van der Waals surface area contributed by atoms with E-state index < -0.39 is 11.9 Å². The summed E-state index contributed by atoms with van der Waals surface area (Å²) < 4.78 is 4.63. The topological polar surface area (TPSA) is 88.0 Å². The van der Waals surface area contributed by atoms with E-state index >= 15 is 0 Å². The second kappa shape index (κ2) is 6.80. The van der Waals surface area contributed by atoms with Gasteiger partial charge in [-0.2, -0.15) is 5.10 Å². The van der Waals surface area contributed by atoms with Gasteiger partial charge in [-0.05, 0) is 6.92 Å². The maximum Gasteiger partial charge on any atom is 0.352 e. The summed E-state index contributed by atoms with van der Waals surface area (Å²) in [6.45, 7) is 5.27. The van der Waals surface area contributed by atoms with E-state index in [0.717, 1.165) is 0 Å². The van der Waals surface area contributed by atoms with Gasteiger partial charge in [-0.1, -0.05) is 13.8 Å². The van der Waals surface area contributed by atoms with E-state index in [1.54, 1.807) is 20.8 Å². The van der Waals surface area contributed by atoms with Crippen LogP contribution in [0.1, 0.15) is 20.8 Å². The lowest BCUT2D eigenvalue weighted by Crippen LogP contribution is -2.26. The third-order valence-corrected chi connectivity index (χ3v) is 1.49. The molecule has 0 fully saturated rings. The van der Waals surface area contributed by atoms with Crippen molar-refractivity contribution in [2.24, 2.45) is 11.0 Å². The summed E-state index contributed by atoms with van der Waals surface area (Å²) in [6, 6.07) is 0. The lowest BCUT2D eigenvalue weighted by Gasteiger charge is -2.05. The predicted octanol–water partition coefficient (Wildman–Crippen LogP) is 0.236. The highest BCUT2D eigenvalue weighted by atomic mass is 16.5. The maximum absolute atomic E-state index is 10.9. The second-order valence-electron chi connectivity index (χ2n) is 3.10. The van der Waals surface area contributed by atoms with Crippen molar-refractivity contribution in [1.82, 2.24) is 5.43 Å². The van der Waals surface area contributed by atoms with Gasteiger partial charge in [0.1, 0.15) is 12.3 Å². The second-order valence-corrected chi connectivity index (χ2v) is 3.10. The van der Waals surface area contributed by atoms with Crippen LogP contribution in [0, 0.1) is 5.92 Å². The number of ether oxygens (including phenoxy) is 1. The summed E-state index contributed by atoms with van der Waals surface area (Å²) in [5.41, 5.74) is 2.35. The van der Waals surface area contributed by atoms with Gasteiger partial charge in [-0.3, -0.25) is 10.2 Å². The van der Waals surface area contributed by atoms with E-state index in [1.807, 2.05) is 0 Å². The molecular formula is C9H16N2O4. The molecule has 0 saturated carbocycles. The molecule has 0 amide bonds. The summed E-state index contributed by atoms with van der Waals surface area (Å²) >= 11 is 0. The summed E-state index contributed by atoms with van der Waals surface area (Å²) in [6.07, 6.45) is 0. The number of rotatable bonds is 6. The molecule has 2 N–H and O–H groups in total. The van der Waals surface area contributed by atoms with E-state index in [1.165, 1.54) is 0 Å². The number of esters is 1. The predicted molar refractivity (Wildman–Crippen MR) is 54.5 cm³/mol. The Hall–Kier alpha value is -1.59. The molecule has 0 aromatic rings. The molecule has 86 valence electrons. The summed E-state index contributed by atoms with van der Waals surface area (Å²) in [5, 5.41) is 12.3. The van der Waals surface area contributed by atoms with Crippen LogP contribution in [0.5, 0.6) is 0 Å². The van der Waals surface area contributed by atoms with Crippen molar-refractivity contribution < 1.29 is 19.4 Å². The number of nitrogens with one attached hydrogen (secondary N) is 1. The van der Waals surface area contributed by atoms with Crippen molar-refractivity contribution in [3.05, 3.63) is 0 Å². The molecule has 0 aliphatic rings. The van der Waals surface area contributed by atoms with Gasteiger partial charge in [0, 0.05) is 5.92 Å². The molecule has 0 bridgehead atoms.